The first-order chi connectivity index (χ1) is 9.92. The van der Waals surface area contributed by atoms with Crippen LogP contribution in [-0.4, -0.2) is 55.9 Å². The highest BCUT2D eigenvalue weighted by Crippen LogP contribution is 2.15. The highest BCUT2D eigenvalue weighted by atomic mass is 16.1. The van der Waals surface area contributed by atoms with Crippen molar-refractivity contribution >= 4 is 5.78 Å². The van der Waals surface area contributed by atoms with Gasteiger partial charge in [-0.15, -0.1) is 0 Å². The van der Waals surface area contributed by atoms with Crippen LogP contribution in [-0.2, 0) is 11.3 Å². The second kappa shape index (κ2) is 8.93. The minimum Gasteiger partial charge on any atom is -0.324 e. The Balaban J connectivity index is 2.36. The van der Waals surface area contributed by atoms with E-state index in [1.165, 1.54) is 11.1 Å². The first-order valence-electron chi connectivity index (χ1n) is 7.60. The van der Waals surface area contributed by atoms with Gasteiger partial charge in [0.1, 0.15) is 0 Å². The van der Waals surface area contributed by atoms with Crippen LogP contribution in [0.5, 0.6) is 0 Å². The fourth-order valence-electron chi connectivity index (χ4n) is 2.18. The van der Waals surface area contributed by atoms with E-state index in [2.05, 4.69) is 50.1 Å². The minimum absolute atomic E-state index is 0.0874. The summed E-state index contributed by atoms with van der Waals surface area (Å²) in [6.07, 6.45) is 0. The molecule has 1 rings (SSSR count). The standard InChI is InChI=1S/C17H29N3O/c1-14(2)16-7-5-15(6-8-16)12-19(3)9-10-20(4)13-17(21)11-18/h5-8,14H,9-13,18H2,1-4H3. The Morgan fingerprint density at radius 1 is 1.10 bits per heavy atom. The lowest BCUT2D eigenvalue weighted by molar-refractivity contribution is -0.118. The maximum atomic E-state index is 11.3. The molecule has 21 heavy (non-hydrogen) atoms. The van der Waals surface area contributed by atoms with Crippen LogP contribution in [0, 0.1) is 0 Å². The van der Waals surface area contributed by atoms with E-state index in [0.717, 1.165) is 19.6 Å². The number of hydrogen-bond acceptors (Lipinski definition) is 4. The van der Waals surface area contributed by atoms with Crippen molar-refractivity contribution in [3.63, 3.8) is 0 Å². The highest BCUT2D eigenvalue weighted by Gasteiger charge is 2.07. The third kappa shape index (κ3) is 6.85. The van der Waals surface area contributed by atoms with Crippen LogP contribution in [0.25, 0.3) is 0 Å². The molecule has 0 atom stereocenters. The van der Waals surface area contributed by atoms with E-state index < -0.39 is 0 Å². The molecular formula is C17H29N3O. The van der Waals surface area contributed by atoms with Crippen LogP contribution >= 0.6 is 0 Å². The van der Waals surface area contributed by atoms with Crippen molar-refractivity contribution in [1.29, 1.82) is 0 Å². The van der Waals surface area contributed by atoms with Crippen LogP contribution in [0.15, 0.2) is 24.3 Å². The van der Waals surface area contributed by atoms with Gasteiger partial charge in [-0.3, -0.25) is 9.69 Å². The maximum Gasteiger partial charge on any atom is 0.160 e. The molecule has 0 heterocycles. The van der Waals surface area contributed by atoms with E-state index in [0.29, 0.717) is 12.5 Å². The Bertz CT molecular complexity index is 428. The molecule has 0 aliphatic heterocycles. The van der Waals surface area contributed by atoms with Crippen molar-refractivity contribution in [3.8, 4) is 0 Å². The summed E-state index contributed by atoms with van der Waals surface area (Å²) in [5, 5.41) is 0. The van der Waals surface area contributed by atoms with Gasteiger partial charge in [-0.05, 0) is 31.1 Å². The SMILES string of the molecule is CC(C)c1ccc(CN(C)CCN(C)CC(=O)CN)cc1. The van der Waals surface area contributed by atoms with Crippen LogP contribution < -0.4 is 5.73 Å². The van der Waals surface area contributed by atoms with Crippen molar-refractivity contribution < 1.29 is 4.79 Å². The molecule has 0 unspecified atom stereocenters. The summed E-state index contributed by atoms with van der Waals surface area (Å²) in [7, 11) is 4.06. The lowest BCUT2D eigenvalue weighted by Crippen LogP contribution is -2.35. The fourth-order valence-corrected chi connectivity index (χ4v) is 2.18. The van der Waals surface area contributed by atoms with Crippen molar-refractivity contribution in [2.24, 2.45) is 5.73 Å². The van der Waals surface area contributed by atoms with Gasteiger partial charge >= 0.3 is 0 Å². The molecule has 1 aromatic carbocycles. The predicted octanol–water partition coefficient (Wildman–Crippen LogP) is 1.70. The molecule has 4 nitrogen and oxygen atoms in total. The first kappa shape index (κ1) is 17.8. The van der Waals surface area contributed by atoms with E-state index in [1.54, 1.807) is 0 Å². The normalized spacial score (nSPS) is 11.6. The second-order valence-electron chi connectivity index (χ2n) is 6.11. The van der Waals surface area contributed by atoms with Gasteiger partial charge in [0.2, 0.25) is 0 Å². The molecule has 0 aliphatic rings. The van der Waals surface area contributed by atoms with E-state index >= 15 is 0 Å². The number of ketones is 1. The number of Topliss-reactive ketones (excluding diaryl/α,β-unsaturated/α-hetero) is 1. The van der Waals surface area contributed by atoms with Gasteiger partial charge in [-0.2, -0.15) is 0 Å². The third-order valence-corrected chi connectivity index (χ3v) is 3.64. The summed E-state index contributed by atoms with van der Waals surface area (Å²) in [5.41, 5.74) is 8.02. The molecule has 1 aromatic rings. The number of nitrogens with zero attached hydrogens (tertiary/aromatic N) is 2. The summed E-state index contributed by atoms with van der Waals surface area (Å²) in [6.45, 7) is 7.71. The number of likely N-dealkylation sites (N-methyl/N-ethyl adjacent to an activating group) is 2. The summed E-state index contributed by atoms with van der Waals surface area (Å²) in [5.74, 6) is 0.662. The number of benzene rings is 1. The van der Waals surface area contributed by atoms with Crippen LogP contribution in [0.3, 0.4) is 0 Å². The van der Waals surface area contributed by atoms with E-state index in [4.69, 9.17) is 5.73 Å². The third-order valence-electron chi connectivity index (χ3n) is 3.64. The van der Waals surface area contributed by atoms with Gasteiger partial charge in [0.25, 0.3) is 0 Å². The van der Waals surface area contributed by atoms with Gasteiger partial charge in [-0.1, -0.05) is 38.1 Å². The molecule has 0 amide bonds. The topological polar surface area (TPSA) is 49.6 Å². The smallest absolute Gasteiger partial charge is 0.160 e. The molecule has 0 fully saturated rings. The molecule has 4 heteroatoms. The fraction of sp³-hybridized carbons (Fsp3) is 0.588. The zero-order chi connectivity index (χ0) is 15.8. The number of hydrogen-bond donors (Lipinski definition) is 1. The van der Waals surface area contributed by atoms with E-state index in [9.17, 15) is 4.79 Å². The van der Waals surface area contributed by atoms with Crippen LogP contribution in [0.1, 0.15) is 30.9 Å². The van der Waals surface area contributed by atoms with Gasteiger partial charge < -0.3 is 10.6 Å². The van der Waals surface area contributed by atoms with Gasteiger partial charge in [-0.25, -0.2) is 0 Å². The Hall–Kier alpha value is -1.23. The second-order valence-corrected chi connectivity index (χ2v) is 6.11. The maximum absolute atomic E-state index is 11.3. The molecule has 0 aromatic heterocycles. The largest absolute Gasteiger partial charge is 0.324 e. The number of carbonyl (C=O) groups excluding carboxylic acids is 1. The molecule has 0 aliphatic carbocycles. The van der Waals surface area contributed by atoms with Crippen molar-refractivity contribution in [2.75, 3.05) is 40.3 Å². The number of carbonyl (C=O) groups is 1. The lowest BCUT2D eigenvalue weighted by Gasteiger charge is -2.21. The van der Waals surface area contributed by atoms with Gasteiger partial charge in [0.15, 0.2) is 5.78 Å². The van der Waals surface area contributed by atoms with Crippen molar-refractivity contribution in [2.45, 2.75) is 26.3 Å². The number of nitrogens with two attached hydrogens (primary N) is 1. The van der Waals surface area contributed by atoms with Crippen molar-refractivity contribution in [1.82, 2.24) is 9.80 Å². The molecule has 0 saturated heterocycles. The minimum atomic E-state index is 0.0874. The molecular weight excluding hydrogens is 262 g/mol. The Morgan fingerprint density at radius 2 is 1.67 bits per heavy atom. The zero-order valence-electron chi connectivity index (χ0n) is 13.8. The van der Waals surface area contributed by atoms with Gasteiger partial charge in [0.05, 0.1) is 13.1 Å². The number of rotatable bonds is 9. The Kier molecular flexibility index (Phi) is 7.57. The monoisotopic (exact) mass is 291 g/mol. The Morgan fingerprint density at radius 3 is 2.19 bits per heavy atom. The van der Waals surface area contributed by atoms with Crippen molar-refractivity contribution in [3.05, 3.63) is 35.4 Å². The van der Waals surface area contributed by atoms with Gasteiger partial charge in [0, 0.05) is 19.6 Å². The summed E-state index contributed by atoms with van der Waals surface area (Å²) in [4.78, 5) is 15.6. The average molecular weight is 291 g/mol. The molecule has 118 valence electrons. The summed E-state index contributed by atoms with van der Waals surface area (Å²) < 4.78 is 0. The average Bonchev–Trinajstić information content (AvgIpc) is 2.45. The quantitative estimate of drug-likeness (QED) is 0.752. The summed E-state index contributed by atoms with van der Waals surface area (Å²) in [6, 6.07) is 8.82. The lowest BCUT2D eigenvalue weighted by atomic mass is 10.0. The molecule has 0 radical (unpaired) electrons. The first-order valence-corrected chi connectivity index (χ1v) is 7.60. The predicted molar refractivity (Wildman–Crippen MR) is 88.4 cm³/mol. The van der Waals surface area contributed by atoms with E-state index in [-0.39, 0.29) is 12.3 Å². The molecule has 0 saturated carbocycles. The Labute approximate surface area is 128 Å². The van der Waals surface area contributed by atoms with E-state index in [1.807, 2.05) is 11.9 Å². The molecule has 2 N–H and O–H groups in total. The van der Waals surface area contributed by atoms with Crippen LogP contribution in [0.2, 0.25) is 0 Å². The summed E-state index contributed by atoms with van der Waals surface area (Å²) >= 11 is 0. The molecule has 0 bridgehead atoms. The van der Waals surface area contributed by atoms with Crippen LogP contribution in [0.4, 0.5) is 0 Å². The molecule has 0 spiro atoms. The highest BCUT2D eigenvalue weighted by molar-refractivity contribution is 5.82. The zero-order valence-corrected chi connectivity index (χ0v) is 13.8.